The summed E-state index contributed by atoms with van der Waals surface area (Å²) in [4.78, 5) is 28.0. The van der Waals surface area contributed by atoms with Gasteiger partial charge < -0.3 is 9.88 Å². The number of aryl methyl sites for hydroxylation is 1. The fourth-order valence-electron chi connectivity index (χ4n) is 3.36. The summed E-state index contributed by atoms with van der Waals surface area (Å²) >= 11 is 0. The van der Waals surface area contributed by atoms with Crippen molar-refractivity contribution in [2.75, 3.05) is 19.0 Å². The summed E-state index contributed by atoms with van der Waals surface area (Å²) in [6.07, 6.45) is 5.43. The third kappa shape index (κ3) is 2.50. The molecule has 0 aliphatic carbocycles. The summed E-state index contributed by atoms with van der Waals surface area (Å²) in [7, 11) is 3.97. The Kier molecular flexibility index (Phi) is 3.58. The molecule has 5 aromatic rings. The molecule has 0 fully saturated rings. The van der Waals surface area contributed by atoms with E-state index in [0.717, 1.165) is 28.1 Å². The van der Waals surface area contributed by atoms with Crippen LogP contribution in [0.2, 0.25) is 0 Å². The van der Waals surface area contributed by atoms with E-state index in [1.54, 1.807) is 12.5 Å². The lowest BCUT2D eigenvalue weighted by Crippen LogP contribution is -2.10. The Balaban J connectivity index is 1.79. The number of anilines is 1. The number of nitrogens with one attached hydrogen (secondary N) is 1. The van der Waals surface area contributed by atoms with E-state index in [9.17, 15) is 0 Å². The highest BCUT2D eigenvalue weighted by Crippen LogP contribution is 2.29. The van der Waals surface area contributed by atoms with Gasteiger partial charge in [-0.05, 0) is 31.2 Å². The minimum atomic E-state index is 0.555. The Hall–Kier alpha value is -3.81. The van der Waals surface area contributed by atoms with Crippen molar-refractivity contribution in [3.05, 3.63) is 54.7 Å². The van der Waals surface area contributed by atoms with Crippen molar-refractivity contribution >= 4 is 27.9 Å². The predicted molar refractivity (Wildman–Crippen MR) is 109 cm³/mol. The molecule has 0 aromatic carbocycles. The van der Waals surface area contributed by atoms with E-state index in [-0.39, 0.29) is 0 Å². The topological polar surface area (TPSA) is 88.4 Å². The van der Waals surface area contributed by atoms with E-state index < -0.39 is 0 Å². The van der Waals surface area contributed by atoms with Crippen LogP contribution < -0.4 is 4.90 Å². The van der Waals surface area contributed by atoms with Gasteiger partial charge in [0.15, 0.2) is 22.8 Å². The number of hydrogen-bond acceptors (Lipinski definition) is 6. The molecule has 0 aliphatic rings. The van der Waals surface area contributed by atoms with Crippen LogP contribution >= 0.6 is 0 Å². The number of hydrogen-bond donors (Lipinski definition) is 1. The van der Waals surface area contributed by atoms with Crippen molar-refractivity contribution in [2.24, 2.45) is 0 Å². The molecule has 0 aliphatic heterocycles. The Morgan fingerprint density at radius 3 is 2.71 bits per heavy atom. The molecule has 5 aromatic heterocycles. The number of fused-ring (bicyclic) bond motifs is 2. The summed E-state index contributed by atoms with van der Waals surface area (Å²) in [6, 6.07) is 9.85. The first-order valence-electron chi connectivity index (χ1n) is 8.91. The molecule has 0 amide bonds. The number of aromatic nitrogens is 7. The van der Waals surface area contributed by atoms with Crippen molar-refractivity contribution in [1.29, 1.82) is 0 Å². The summed E-state index contributed by atoms with van der Waals surface area (Å²) in [5, 5.41) is 1.05. The molecule has 0 saturated heterocycles. The van der Waals surface area contributed by atoms with Crippen LogP contribution in [0.25, 0.3) is 39.4 Å². The van der Waals surface area contributed by atoms with Crippen molar-refractivity contribution in [3.63, 3.8) is 0 Å². The number of aromatic amines is 1. The number of nitrogens with zero attached hydrogens (tertiary/aromatic N) is 7. The SMILES string of the molecule is Cc1cccc(-c2nc(-n3ccc4c(N(C)C)nccc43)c3nc[nH]c3n2)n1. The second-order valence-corrected chi connectivity index (χ2v) is 6.78. The summed E-state index contributed by atoms with van der Waals surface area (Å²) in [5.41, 5.74) is 4.03. The lowest BCUT2D eigenvalue weighted by atomic mass is 10.3. The van der Waals surface area contributed by atoms with E-state index in [2.05, 4.69) is 24.9 Å². The Morgan fingerprint density at radius 1 is 1.00 bits per heavy atom. The largest absolute Gasteiger partial charge is 0.362 e. The second kappa shape index (κ2) is 6.12. The van der Waals surface area contributed by atoms with Gasteiger partial charge in [0.25, 0.3) is 0 Å². The number of H-pyrrole nitrogens is 1. The first-order chi connectivity index (χ1) is 13.6. The molecule has 8 nitrogen and oxygen atoms in total. The van der Waals surface area contributed by atoms with Crippen LogP contribution in [-0.4, -0.2) is 48.6 Å². The van der Waals surface area contributed by atoms with Gasteiger partial charge in [-0.2, -0.15) is 0 Å². The monoisotopic (exact) mass is 370 g/mol. The maximum absolute atomic E-state index is 4.82. The third-order valence-corrected chi connectivity index (χ3v) is 4.63. The Morgan fingerprint density at radius 2 is 1.89 bits per heavy atom. The minimum absolute atomic E-state index is 0.555. The molecule has 0 unspecified atom stereocenters. The first kappa shape index (κ1) is 16.4. The molecule has 1 N–H and O–H groups in total. The normalized spacial score (nSPS) is 11.4. The van der Waals surface area contributed by atoms with Gasteiger partial charge in [0.2, 0.25) is 0 Å². The molecule has 28 heavy (non-hydrogen) atoms. The zero-order valence-corrected chi connectivity index (χ0v) is 15.7. The van der Waals surface area contributed by atoms with Gasteiger partial charge >= 0.3 is 0 Å². The van der Waals surface area contributed by atoms with E-state index in [1.807, 2.05) is 67.0 Å². The molecule has 138 valence electrons. The van der Waals surface area contributed by atoms with Gasteiger partial charge in [0.1, 0.15) is 11.5 Å². The Bertz CT molecular complexity index is 1310. The number of imidazole rings is 1. The molecule has 0 saturated carbocycles. The van der Waals surface area contributed by atoms with Gasteiger partial charge in [0, 0.05) is 37.6 Å². The summed E-state index contributed by atoms with van der Waals surface area (Å²) in [6.45, 7) is 1.95. The minimum Gasteiger partial charge on any atom is -0.362 e. The number of pyridine rings is 2. The van der Waals surface area contributed by atoms with Gasteiger partial charge in [0.05, 0.1) is 11.8 Å². The highest BCUT2D eigenvalue weighted by atomic mass is 15.2. The zero-order valence-electron chi connectivity index (χ0n) is 15.7. The van der Waals surface area contributed by atoms with Crippen LogP contribution in [0.15, 0.2) is 49.1 Å². The van der Waals surface area contributed by atoms with Crippen LogP contribution in [0.1, 0.15) is 5.69 Å². The van der Waals surface area contributed by atoms with Crippen LogP contribution in [0.3, 0.4) is 0 Å². The summed E-state index contributed by atoms with van der Waals surface area (Å²) in [5.74, 6) is 2.17. The Labute approximate surface area is 160 Å². The molecule has 0 bridgehead atoms. The molecular formula is C20H18N8. The summed E-state index contributed by atoms with van der Waals surface area (Å²) < 4.78 is 2.02. The van der Waals surface area contributed by atoms with E-state index >= 15 is 0 Å². The average molecular weight is 370 g/mol. The highest BCUT2D eigenvalue weighted by molar-refractivity contribution is 5.93. The molecule has 5 heterocycles. The van der Waals surface area contributed by atoms with Crippen LogP contribution in [0.5, 0.6) is 0 Å². The first-order valence-corrected chi connectivity index (χ1v) is 8.91. The molecule has 0 radical (unpaired) electrons. The van der Waals surface area contributed by atoms with Crippen molar-refractivity contribution in [1.82, 2.24) is 34.5 Å². The van der Waals surface area contributed by atoms with Crippen LogP contribution in [-0.2, 0) is 0 Å². The fourth-order valence-corrected chi connectivity index (χ4v) is 3.36. The standard InChI is InChI=1S/C20H18N8/c1-12-5-4-6-14(24-12)17-25-18-16(22-11-23-18)20(26-17)28-10-8-13-15(28)7-9-21-19(13)27(2)3/h4-11H,1-3H3,(H,22,23,25,26). The fraction of sp³-hybridized carbons (Fsp3) is 0.150. The van der Waals surface area contributed by atoms with E-state index in [0.29, 0.717) is 22.8 Å². The lowest BCUT2D eigenvalue weighted by molar-refractivity contribution is 1.02. The maximum atomic E-state index is 4.82. The van der Waals surface area contributed by atoms with Crippen LogP contribution in [0.4, 0.5) is 5.82 Å². The quantitative estimate of drug-likeness (QED) is 0.525. The van der Waals surface area contributed by atoms with Gasteiger partial charge in [-0.25, -0.2) is 24.9 Å². The van der Waals surface area contributed by atoms with Crippen molar-refractivity contribution < 1.29 is 0 Å². The van der Waals surface area contributed by atoms with Gasteiger partial charge in [-0.3, -0.25) is 4.57 Å². The van der Waals surface area contributed by atoms with Crippen molar-refractivity contribution in [3.8, 4) is 17.3 Å². The average Bonchev–Trinajstić information content (AvgIpc) is 3.33. The van der Waals surface area contributed by atoms with Crippen molar-refractivity contribution in [2.45, 2.75) is 6.92 Å². The molecule has 0 spiro atoms. The molecule has 5 rings (SSSR count). The molecule has 0 atom stereocenters. The lowest BCUT2D eigenvalue weighted by Gasteiger charge is -2.13. The van der Waals surface area contributed by atoms with Gasteiger partial charge in [-0.1, -0.05) is 6.07 Å². The zero-order chi connectivity index (χ0) is 19.3. The van der Waals surface area contributed by atoms with Gasteiger partial charge in [-0.15, -0.1) is 0 Å². The van der Waals surface area contributed by atoms with E-state index in [4.69, 9.17) is 4.98 Å². The third-order valence-electron chi connectivity index (χ3n) is 4.63. The molecular weight excluding hydrogens is 352 g/mol. The van der Waals surface area contributed by atoms with Crippen LogP contribution in [0, 0.1) is 6.92 Å². The smallest absolute Gasteiger partial charge is 0.182 e. The predicted octanol–water partition coefficient (Wildman–Crippen LogP) is 3.13. The molecule has 8 heteroatoms. The second-order valence-electron chi connectivity index (χ2n) is 6.78. The highest BCUT2D eigenvalue weighted by Gasteiger charge is 2.17. The van der Waals surface area contributed by atoms with E-state index in [1.165, 1.54) is 0 Å². The maximum Gasteiger partial charge on any atom is 0.182 e. The number of rotatable bonds is 3.